The molecule has 2 fully saturated rings. The fourth-order valence-electron chi connectivity index (χ4n) is 5.52. The molecule has 1 aromatic carbocycles. The average Bonchev–Trinajstić information content (AvgIpc) is 3.37. The van der Waals surface area contributed by atoms with Gasteiger partial charge in [-0.1, -0.05) is 49.2 Å². The summed E-state index contributed by atoms with van der Waals surface area (Å²) in [6, 6.07) is 13.5. The minimum Gasteiger partial charge on any atom is -0.460 e. The fourth-order valence-corrected chi connectivity index (χ4v) is 5.52. The molecule has 1 N–H and O–H groups in total. The van der Waals surface area contributed by atoms with Crippen molar-refractivity contribution < 1.29 is 19.1 Å². The third-order valence-electron chi connectivity index (χ3n) is 7.61. The number of pyridine rings is 1. The number of carbonyl (C=O) groups is 1. The van der Waals surface area contributed by atoms with E-state index in [2.05, 4.69) is 18.1 Å². The molecular formula is C27H37N2O3+. The lowest BCUT2D eigenvalue weighted by atomic mass is 9.80. The number of carbonyl (C=O) groups excluding carboxylic acids is 1. The normalized spacial score (nSPS) is 25.9. The zero-order valence-electron chi connectivity index (χ0n) is 19.3. The second-order valence-electron chi connectivity index (χ2n) is 9.97. The third-order valence-corrected chi connectivity index (χ3v) is 7.61. The lowest BCUT2D eigenvalue weighted by Crippen LogP contribution is -2.53. The number of aryl methyl sites for hydroxylation is 1. The number of esters is 1. The first kappa shape index (κ1) is 22.9. The Bertz CT molecular complexity index is 859. The Morgan fingerprint density at radius 3 is 2.47 bits per heavy atom. The first-order valence-electron chi connectivity index (χ1n) is 12.2. The van der Waals surface area contributed by atoms with Gasteiger partial charge in [0.25, 0.3) is 0 Å². The Labute approximate surface area is 192 Å². The molecule has 0 bridgehead atoms. The maximum absolute atomic E-state index is 13.3. The van der Waals surface area contributed by atoms with Gasteiger partial charge < -0.3 is 14.3 Å². The van der Waals surface area contributed by atoms with Crippen LogP contribution in [0.5, 0.6) is 0 Å². The molecule has 2 aromatic rings. The molecule has 2 heterocycles. The van der Waals surface area contributed by atoms with E-state index < -0.39 is 11.6 Å². The standard InChI is InChI=1S/C27H37N2O3/c1-29(18-8-10-22-9-7-17-28-21-22)19-15-25(16-20-29)32-26(30)27(31,24-13-5-6-14-24)23-11-3-2-4-12-23/h2-4,7,9,11-12,17,21,24-25,31H,5-6,8,10,13-16,18-20H2,1H3/q+1. The van der Waals surface area contributed by atoms with Crippen molar-refractivity contribution in [2.45, 2.75) is 63.1 Å². The van der Waals surface area contributed by atoms with Crippen LogP contribution in [0.1, 0.15) is 56.1 Å². The summed E-state index contributed by atoms with van der Waals surface area (Å²) in [6.45, 7) is 3.11. The molecule has 0 spiro atoms. The molecule has 2 aliphatic rings. The van der Waals surface area contributed by atoms with Crippen LogP contribution in [0.2, 0.25) is 0 Å². The Kier molecular flexibility index (Phi) is 7.27. The number of piperidine rings is 1. The van der Waals surface area contributed by atoms with E-state index in [1.54, 1.807) is 0 Å². The Morgan fingerprint density at radius 1 is 1.09 bits per heavy atom. The van der Waals surface area contributed by atoms with E-state index in [-0.39, 0.29) is 12.0 Å². The van der Waals surface area contributed by atoms with Crippen LogP contribution in [0.25, 0.3) is 0 Å². The van der Waals surface area contributed by atoms with Crippen LogP contribution >= 0.6 is 0 Å². The quantitative estimate of drug-likeness (QED) is 0.496. The van der Waals surface area contributed by atoms with Gasteiger partial charge in [-0.05, 0) is 36.5 Å². The maximum atomic E-state index is 13.3. The van der Waals surface area contributed by atoms with Crippen LogP contribution < -0.4 is 0 Å². The Morgan fingerprint density at radius 2 is 1.81 bits per heavy atom. The number of ether oxygens (including phenoxy) is 1. The summed E-state index contributed by atoms with van der Waals surface area (Å²) >= 11 is 0. The van der Waals surface area contributed by atoms with Gasteiger partial charge in [-0.15, -0.1) is 0 Å². The first-order chi connectivity index (χ1) is 15.5. The minimum atomic E-state index is -1.53. The topological polar surface area (TPSA) is 59.4 Å². The van der Waals surface area contributed by atoms with Gasteiger partial charge in [-0.3, -0.25) is 4.98 Å². The summed E-state index contributed by atoms with van der Waals surface area (Å²) in [7, 11) is 2.31. The molecule has 0 radical (unpaired) electrons. The van der Waals surface area contributed by atoms with Crippen molar-refractivity contribution >= 4 is 5.97 Å². The number of benzene rings is 1. The second-order valence-corrected chi connectivity index (χ2v) is 9.97. The molecular weight excluding hydrogens is 400 g/mol. The molecule has 32 heavy (non-hydrogen) atoms. The predicted octanol–water partition coefficient (Wildman–Crippen LogP) is 4.24. The van der Waals surface area contributed by atoms with E-state index in [1.807, 2.05) is 48.8 Å². The van der Waals surface area contributed by atoms with E-state index >= 15 is 0 Å². The molecule has 172 valence electrons. The fraction of sp³-hybridized carbons (Fsp3) is 0.556. The highest BCUT2D eigenvalue weighted by Gasteiger charge is 2.49. The average molecular weight is 438 g/mol. The van der Waals surface area contributed by atoms with E-state index in [1.165, 1.54) is 5.56 Å². The summed E-state index contributed by atoms with van der Waals surface area (Å²) in [5.41, 5.74) is 0.427. The second kappa shape index (κ2) is 10.1. The number of hydrogen-bond donors (Lipinski definition) is 1. The van der Waals surface area contributed by atoms with Gasteiger partial charge in [0.05, 0.1) is 26.7 Å². The molecule has 1 atom stereocenters. The van der Waals surface area contributed by atoms with Crippen molar-refractivity contribution in [3.8, 4) is 0 Å². The predicted molar refractivity (Wildman–Crippen MR) is 125 cm³/mol. The number of hydrogen-bond acceptors (Lipinski definition) is 4. The SMILES string of the molecule is C[N+]1(CCCc2cccnc2)CCC(OC(=O)C(O)(c2ccccc2)C2CCCC2)CC1. The van der Waals surface area contributed by atoms with Crippen molar-refractivity contribution in [3.63, 3.8) is 0 Å². The van der Waals surface area contributed by atoms with Crippen LogP contribution in [0, 0.1) is 5.92 Å². The number of aliphatic hydroxyl groups is 1. The van der Waals surface area contributed by atoms with Gasteiger partial charge >= 0.3 is 5.97 Å². The highest BCUT2D eigenvalue weighted by Crippen LogP contribution is 2.42. The van der Waals surface area contributed by atoms with Crippen molar-refractivity contribution in [2.24, 2.45) is 5.92 Å². The van der Waals surface area contributed by atoms with E-state index in [0.717, 1.165) is 75.5 Å². The van der Waals surface area contributed by atoms with Gasteiger partial charge in [-0.25, -0.2) is 4.79 Å². The number of rotatable bonds is 8. The molecule has 1 saturated heterocycles. The number of likely N-dealkylation sites (tertiary alicyclic amines) is 1. The summed E-state index contributed by atoms with van der Waals surface area (Å²) < 4.78 is 7.00. The first-order valence-corrected chi connectivity index (χ1v) is 12.2. The number of aromatic nitrogens is 1. The third kappa shape index (κ3) is 5.21. The lowest BCUT2D eigenvalue weighted by Gasteiger charge is -2.41. The molecule has 1 aliphatic carbocycles. The van der Waals surface area contributed by atoms with Gasteiger partial charge in [-0.2, -0.15) is 0 Å². The number of quaternary nitrogens is 1. The highest BCUT2D eigenvalue weighted by atomic mass is 16.6. The van der Waals surface area contributed by atoms with Crippen LogP contribution in [-0.2, 0) is 21.6 Å². The molecule has 0 amide bonds. The van der Waals surface area contributed by atoms with E-state index in [9.17, 15) is 9.90 Å². The molecule has 1 aliphatic heterocycles. The molecule has 1 aromatic heterocycles. The van der Waals surface area contributed by atoms with Crippen LogP contribution in [-0.4, -0.2) is 53.3 Å². The van der Waals surface area contributed by atoms with Crippen LogP contribution in [0.4, 0.5) is 0 Å². The summed E-state index contributed by atoms with van der Waals surface area (Å²) in [5.74, 6) is -0.511. The zero-order valence-corrected chi connectivity index (χ0v) is 19.3. The van der Waals surface area contributed by atoms with Crippen LogP contribution in [0.3, 0.4) is 0 Å². The summed E-state index contributed by atoms with van der Waals surface area (Å²) in [5, 5.41) is 11.6. The van der Waals surface area contributed by atoms with Crippen LogP contribution in [0.15, 0.2) is 54.9 Å². The Hall–Kier alpha value is -2.24. The smallest absolute Gasteiger partial charge is 0.343 e. The van der Waals surface area contributed by atoms with Crippen molar-refractivity contribution in [1.82, 2.24) is 4.98 Å². The molecule has 5 nitrogen and oxygen atoms in total. The summed E-state index contributed by atoms with van der Waals surface area (Å²) in [6.07, 6.45) is 11.4. The maximum Gasteiger partial charge on any atom is 0.343 e. The lowest BCUT2D eigenvalue weighted by molar-refractivity contribution is -0.915. The zero-order chi connectivity index (χ0) is 22.4. The van der Waals surface area contributed by atoms with Crippen molar-refractivity contribution in [3.05, 3.63) is 66.0 Å². The van der Waals surface area contributed by atoms with Gasteiger partial charge in [0.15, 0.2) is 5.60 Å². The molecule has 1 saturated carbocycles. The minimum absolute atomic E-state index is 0.0606. The van der Waals surface area contributed by atoms with E-state index in [0.29, 0.717) is 5.56 Å². The highest BCUT2D eigenvalue weighted by molar-refractivity contribution is 5.81. The monoisotopic (exact) mass is 437 g/mol. The number of nitrogens with zero attached hydrogens (tertiary/aromatic N) is 2. The molecule has 4 rings (SSSR count). The van der Waals surface area contributed by atoms with E-state index in [4.69, 9.17) is 4.74 Å². The molecule has 1 unspecified atom stereocenters. The summed E-state index contributed by atoms with van der Waals surface area (Å²) in [4.78, 5) is 17.5. The van der Waals surface area contributed by atoms with Gasteiger partial charge in [0.1, 0.15) is 6.10 Å². The largest absolute Gasteiger partial charge is 0.460 e. The van der Waals surface area contributed by atoms with Crippen molar-refractivity contribution in [2.75, 3.05) is 26.7 Å². The van der Waals surface area contributed by atoms with Gasteiger partial charge in [0.2, 0.25) is 0 Å². The molecule has 5 heteroatoms. The van der Waals surface area contributed by atoms with Crippen molar-refractivity contribution in [1.29, 1.82) is 0 Å². The van der Waals surface area contributed by atoms with Gasteiger partial charge in [0, 0.05) is 37.6 Å². The Balaban J connectivity index is 1.32.